The van der Waals surface area contributed by atoms with Crippen molar-refractivity contribution in [1.29, 1.82) is 0 Å². The Morgan fingerprint density at radius 3 is 2.25 bits per heavy atom. The van der Waals surface area contributed by atoms with E-state index in [9.17, 15) is 4.79 Å². The van der Waals surface area contributed by atoms with Gasteiger partial charge in [0.15, 0.2) is 8.24 Å². The standard InChI is InChI=1S/C20H35NO2Si/c1-8-9-14-23-20(22)11-10-19-12-13-21(15-19)24(16(2)3,17(4)5)18(6)7/h10-13,15-18H,8-9,14H2,1-7H3. The summed E-state index contributed by atoms with van der Waals surface area (Å²) in [4.78, 5) is 11.7. The van der Waals surface area contributed by atoms with Gasteiger partial charge in [0.25, 0.3) is 0 Å². The van der Waals surface area contributed by atoms with Crippen molar-refractivity contribution in [2.45, 2.75) is 77.9 Å². The number of aromatic nitrogens is 1. The van der Waals surface area contributed by atoms with Crippen LogP contribution in [-0.4, -0.2) is 25.0 Å². The Bertz CT molecular complexity index is 522. The lowest BCUT2D eigenvalue weighted by atomic mass is 10.3. The van der Waals surface area contributed by atoms with Crippen LogP contribution in [0.3, 0.4) is 0 Å². The summed E-state index contributed by atoms with van der Waals surface area (Å²) < 4.78 is 7.65. The van der Waals surface area contributed by atoms with E-state index in [-0.39, 0.29) is 5.97 Å². The maximum Gasteiger partial charge on any atom is 0.330 e. The van der Waals surface area contributed by atoms with E-state index in [1.54, 1.807) is 6.08 Å². The van der Waals surface area contributed by atoms with Crippen LogP contribution in [0.15, 0.2) is 24.5 Å². The van der Waals surface area contributed by atoms with Gasteiger partial charge in [0.1, 0.15) is 0 Å². The van der Waals surface area contributed by atoms with E-state index >= 15 is 0 Å². The summed E-state index contributed by atoms with van der Waals surface area (Å²) in [6.07, 6.45) is 9.77. The number of ether oxygens (including phenoxy) is 1. The molecular formula is C20H35NO2Si. The smallest absolute Gasteiger partial charge is 0.330 e. The van der Waals surface area contributed by atoms with Crippen LogP contribution in [0, 0.1) is 0 Å². The van der Waals surface area contributed by atoms with Crippen molar-refractivity contribution >= 4 is 20.3 Å². The van der Waals surface area contributed by atoms with Gasteiger partial charge >= 0.3 is 5.97 Å². The van der Waals surface area contributed by atoms with Crippen LogP contribution in [0.25, 0.3) is 6.08 Å². The molecule has 0 bridgehead atoms. The highest BCUT2D eigenvalue weighted by molar-refractivity contribution is 6.82. The molecule has 0 saturated heterocycles. The van der Waals surface area contributed by atoms with Gasteiger partial charge in [-0.3, -0.25) is 0 Å². The molecule has 0 saturated carbocycles. The lowest BCUT2D eigenvalue weighted by Gasteiger charge is -2.44. The van der Waals surface area contributed by atoms with Crippen LogP contribution in [0.1, 0.15) is 66.9 Å². The zero-order valence-corrected chi connectivity index (χ0v) is 17.5. The molecule has 0 fully saturated rings. The van der Waals surface area contributed by atoms with E-state index in [0.29, 0.717) is 23.2 Å². The zero-order chi connectivity index (χ0) is 18.3. The summed E-state index contributed by atoms with van der Waals surface area (Å²) >= 11 is 0. The van der Waals surface area contributed by atoms with Crippen LogP contribution in [0.4, 0.5) is 0 Å². The van der Waals surface area contributed by atoms with Crippen LogP contribution in [0.2, 0.25) is 16.6 Å². The normalized spacial score (nSPS) is 12.8. The Morgan fingerprint density at radius 2 is 1.75 bits per heavy atom. The van der Waals surface area contributed by atoms with Crippen LogP contribution >= 0.6 is 0 Å². The largest absolute Gasteiger partial charge is 0.463 e. The first-order chi connectivity index (χ1) is 11.3. The number of hydrogen-bond donors (Lipinski definition) is 0. The minimum Gasteiger partial charge on any atom is -0.463 e. The molecule has 0 aliphatic rings. The maximum absolute atomic E-state index is 11.7. The second kappa shape index (κ2) is 9.26. The summed E-state index contributed by atoms with van der Waals surface area (Å²) in [7, 11) is -1.70. The van der Waals surface area contributed by atoms with Crippen molar-refractivity contribution in [3.05, 3.63) is 30.1 Å². The number of esters is 1. The Morgan fingerprint density at radius 1 is 1.17 bits per heavy atom. The fraction of sp³-hybridized carbons (Fsp3) is 0.650. The number of hydrogen-bond acceptors (Lipinski definition) is 2. The van der Waals surface area contributed by atoms with Gasteiger partial charge in [-0.1, -0.05) is 54.9 Å². The second-order valence-corrected chi connectivity index (χ2v) is 13.3. The third-order valence-corrected chi connectivity index (χ3v) is 11.8. The lowest BCUT2D eigenvalue weighted by Crippen LogP contribution is -2.51. The summed E-state index contributed by atoms with van der Waals surface area (Å²) in [5.41, 5.74) is 3.03. The quantitative estimate of drug-likeness (QED) is 0.242. The summed E-state index contributed by atoms with van der Waals surface area (Å²) in [6, 6.07) is 2.10. The number of nitrogens with zero attached hydrogens (tertiary/aromatic N) is 1. The van der Waals surface area contributed by atoms with Gasteiger partial charge in [0, 0.05) is 12.3 Å². The molecule has 1 rings (SSSR count). The lowest BCUT2D eigenvalue weighted by molar-refractivity contribution is -0.137. The van der Waals surface area contributed by atoms with Crippen molar-refractivity contribution in [2.75, 3.05) is 6.61 Å². The predicted molar refractivity (Wildman–Crippen MR) is 106 cm³/mol. The van der Waals surface area contributed by atoms with E-state index in [0.717, 1.165) is 18.4 Å². The van der Waals surface area contributed by atoms with Gasteiger partial charge < -0.3 is 8.97 Å². The summed E-state index contributed by atoms with van der Waals surface area (Å²) in [5.74, 6) is -0.253. The molecular weight excluding hydrogens is 314 g/mol. The number of carbonyl (C=O) groups excluding carboxylic acids is 1. The molecule has 0 radical (unpaired) electrons. The van der Waals surface area contributed by atoms with E-state index in [1.807, 2.05) is 6.08 Å². The molecule has 24 heavy (non-hydrogen) atoms. The van der Waals surface area contributed by atoms with Crippen LogP contribution < -0.4 is 0 Å². The Kier molecular flexibility index (Phi) is 8.00. The predicted octanol–water partition coefficient (Wildman–Crippen LogP) is 5.87. The second-order valence-electron chi connectivity index (χ2n) is 7.56. The van der Waals surface area contributed by atoms with Crippen molar-refractivity contribution in [2.24, 2.45) is 0 Å². The molecule has 0 aliphatic carbocycles. The highest BCUT2D eigenvalue weighted by atomic mass is 28.3. The van der Waals surface area contributed by atoms with E-state index in [1.165, 1.54) is 0 Å². The highest BCUT2D eigenvalue weighted by Gasteiger charge is 2.44. The summed E-state index contributed by atoms with van der Waals surface area (Å²) in [6.45, 7) is 16.7. The minimum atomic E-state index is -1.70. The third-order valence-electron chi connectivity index (χ3n) is 5.09. The molecule has 0 unspecified atom stereocenters. The first kappa shape index (κ1) is 20.8. The van der Waals surface area contributed by atoms with Crippen LogP contribution in [-0.2, 0) is 9.53 Å². The van der Waals surface area contributed by atoms with Crippen molar-refractivity contribution in [1.82, 2.24) is 4.23 Å². The number of rotatable bonds is 9. The van der Waals surface area contributed by atoms with Gasteiger partial charge in [-0.25, -0.2) is 4.79 Å². The van der Waals surface area contributed by atoms with Gasteiger partial charge in [-0.15, -0.1) is 0 Å². The molecule has 136 valence electrons. The number of unbranched alkanes of at least 4 members (excludes halogenated alkanes) is 1. The molecule has 1 aromatic rings. The first-order valence-corrected chi connectivity index (χ1v) is 11.5. The molecule has 0 amide bonds. The average molecular weight is 350 g/mol. The van der Waals surface area contributed by atoms with E-state index < -0.39 is 8.24 Å². The SMILES string of the molecule is CCCCOC(=O)C=Cc1ccn([Si](C(C)C)(C(C)C)C(C)C)c1. The molecule has 1 aromatic heterocycles. The minimum absolute atomic E-state index is 0.253. The topological polar surface area (TPSA) is 31.2 Å². The first-order valence-electron chi connectivity index (χ1n) is 9.30. The molecule has 4 heteroatoms. The van der Waals surface area contributed by atoms with E-state index in [4.69, 9.17) is 4.74 Å². The van der Waals surface area contributed by atoms with Gasteiger partial charge in [-0.2, -0.15) is 0 Å². The molecule has 0 spiro atoms. The highest BCUT2D eigenvalue weighted by Crippen LogP contribution is 2.42. The fourth-order valence-electron chi connectivity index (χ4n) is 4.18. The van der Waals surface area contributed by atoms with Gasteiger partial charge in [-0.05, 0) is 46.9 Å². The Balaban J connectivity index is 2.95. The molecule has 0 aromatic carbocycles. The fourth-order valence-corrected chi connectivity index (χ4v) is 10.7. The Hall–Kier alpha value is -1.29. The Labute approximate surface area is 149 Å². The van der Waals surface area contributed by atoms with Gasteiger partial charge in [0.05, 0.1) is 6.61 Å². The average Bonchev–Trinajstić information content (AvgIpc) is 2.94. The molecule has 0 atom stereocenters. The van der Waals surface area contributed by atoms with Crippen LogP contribution in [0.5, 0.6) is 0 Å². The number of carbonyl (C=O) groups is 1. The van der Waals surface area contributed by atoms with Crippen molar-refractivity contribution in [3.8, 4) is 0 Å². The monoisotopic (exact) mass is 349 g/mol. The molecule has 3 nitrogen and oxygen atoms in total. The van der Waals surface area contributed by atoms with Crippen molar-refractivity contribution < 1.29 is 9.53 Å². The maximum atomic E-state index is 11.7. The zero-order valence-electron chi connectivity index (χ0n) is 16.5. The molecule has 0 N–H and O–H groups in total. The van der Waals surface area contributed by atoms with Gasteiger partial charge in [0.2, 0.25) is 0 Å². The van der Waals surface area contributed by atoms with E-state index in [2.05, 4.69) is 71.2 Å². The molecule has 1 heterocycles. The van der Waals surface area contributed by atoms with Crippen molar-refractivity contribution in [3.63, 3.8) is 0 Å². The third kappa shape index (κ3) is 4.62. The summed E-state index contributed by atoms with van der Waals surface area (Å²) in [5, 5.41) is 0. The molecule has 0 aliphatic heterocycles.